The van der Waals surface area contributed by atoms with E-state index in [2.05, 4.69) is 64.6 Å². The van der Waals surface area contributed by atoms with Gasteiger partial charge in [-0.2, -0.15) is 0 Å². The lowest BCUT2D eigenvalue weighted by Gasteiger charge is -2.34. The maximum atomic E-state index is 6.22. The SMILES string of the molecule is Cc1cccc(C2CNCCC2c2cc(Cl)ccc2Br)c1. The van der Waals surface area contributed by atoms with Crippen LogP contribution >= 0.6 is 27.5 Å². The van der Waals surface area contributed by atoms with Gasteiger partial charge in [0.05, 0.1) is 0 Å². The number of nitrogens with one attached hydrogen (secondary N) is 1. The third-order valence-corrected chi connectivity index (χ3v) is 5.27. The first kappa shape index (κ1) is 15.1. The van der Waals surface area contributed by atoms with E-state index in [4.69, 9.17) is 11.6 Å². The van der Waals surface area contributed by atoms with Gasteiger partial charge >= 0.3 is 0 Å². The van der Waals surface area contributed by atoms with E-state index in [-0.39, 0.29) is 0 Å². The van der Waals surface area contributed by atoms with Crippen LogP contribution in [0.25, 0.3) is 0 Å². The van der Waals surface area contributed by atoms with Gasteiger partial charge in [0.1, 0.15) is 0 Å². The summed E-state index contributed by atoms with van der Waals surface area (Å²) in [6, 6.07) is 15.0. The monoisotopic (exact) mass is 363 g/mol. The lowest BCUT2D eigenvalue weighted by atomic mass is 9.77. The first-order valence-electron chi connectivity index (χ1n) is 7.37. The Morgan fingerprint density at radius 1 is 1.14 bits per heavy atom. The van der Waals surface area contributed by atoms with E-state index in [1.807, 2.05) is 6.07 Å². The Labute approximate surface area is 139 Å². The zero-order chi connectivity index (χ0) is 14.8. The molecule has 2 atom stereocenters. The van der Waals surface area contributed by atoms with Crippen LogP contribution in [-0.4, -0.2) is 13.1 Å². The highest BCUT2D eigenvalue weighted by Gasteiger charge is 2.29. The number of aryl methyl sites for hydroxylation is 1. The summed E-state index contributed by atoms with van der Waals surface area (Å²) in [5.41, 5.74) is 4.07. The molecule has 1 aliphatic heterocycles. The molecule has 3 rings (SSSR count). The molecule has 110 valence electrons. The predicted molar refractivity (Wildman–Crippen MR) is 93.3 cm³/mol. The van der Waals surface area contributed by atoms with Crippen molar-refractivity contribution >= 4 is 27.5 Å². The van der Waals surface area contributed by atoms with E-state index in [0.29, 0.717) is 11.8 Å². The van der Waals surface area contributed by atoms with E-state index >= 15 is 0 Å². The number of benzene rings is 2. The van der Waals surface area contributed by atoms with Crippen LogP contribution in [-0.2, 0) is 0 Å². The molecule has 0 spiro atoms. The highest BCUT2D eigenvalue weighted by molar-refractivity contribution is 9.10. The molecule has 0 bridgehead atoms. The summed E-state index contributed by atoms with van der Waals surface area (Å²) in [6.45, 7) is 4.24. The number of rotatable bonds is 2. The minimum atomic E-state index is 0.494. The fraction of sp³-hybridized carbons (Fsp3) is 0.333. The van der Waals surface area contributed by atoms with Gasteiger partial charge in [0.25, 0.3) is 0 Å². The second-order valence-corrected chi connectivity index (χ2v) is 7.08. The van der Waals surface area contributed by atoms with E-state index in [9.17, 15) is 0 Å². The fourth-order valence-electron chi connectivity index (χ4n) is 3.28. The van der Waals surface area contributed by atoms with Gasteiger partial charge in [-0.1, -0.05) is 57.4 Å². The molecular formula is C18H19BrClN. The van der Waals surface area contributed by atoms with E-state index in [1.54, 1.807) is 0 Å². The second kappa shape index (κ2) is 6.51. The van der Waals surface area contributed by atoms with Crippen LogP contribution in [0.15, 0.2) is 46.9 Å². The zero-order valence-corrected chi connectivity index (χ0v) is 14.4. The number of hydrogen-bond acceptors (Lipinski definition) is 1. The smallest absolute Gasteiger partial charge is 0.0409 e. The standard InChI is InChI=1S/C18H19BrClN/c1-12-3-2-4-13(9-12)17-11-21-8-7-15(17)16-10-14(20)5-6-18(16)19/h2-6,9-10,15,17,21H,7-8,11H2,1H3. The van der Waals surface area contributed by atoms with Gasteiger partial charge in [0.2, 0.25) is 0 Å². The summed E-state index contributed by atoms with van der Waals surface area (Å²) >= 11 is 9.92. The summed E-state index contributed by atoms with van der Waals surface area (Å²) in [4.78, 5) is 0. The van der Waals surface area contributed by atoms with Crippen molar-refractivity contribution < 1.29 is 0 Å². The molecule has 3 heteroatoms. The second-order valence-electron chi connectivity index (χ2n) is 5.79. The number of halogens is 2. The lowest BCUT2D eigenvalue weighted by molar-refractivity contribution is 0.403. The average molecular weight is 365 g/mol. The summed E-state index contributed by atoms with van der Waals surface area (Å²) in [6.07, 6.45) is 1.14. The summed E-state index contributed by atoms with van der Waals surface area (Å²) in [5, 5.41) is 4.35. The van der Waals surface area contributed by atoms with Crippen LogP contribution in [0.3, 0.4) is 0 Å². The zero-order valence-electron chi connectivity index (χ0n) is 12.1. The first-order chi connectivity index (χ1) is 10.1. The molecule has 0 amide bonds. The van der Waals surface area contributed by atoms with Crippen LogP contribution < -0.4 is 5.32 Å². The van der Waals surface area contributed by atoms with Crippen molar-refractivity contribution in [2.45, 2.75) is 25.2 Å². The highest BCUT2D eigenvalue weighted by Crippen LogP contribution is 2.41. The van der Waals surface area contributed by atoms with Crippen molar-refractivity contribution in [3.8, 4) is 0 Å². The molecular weight excluding hydrogens is 346 g/mol. The Hall–Kier alpha value is -0.830. The molecule has 1 heterocycles. The molecule has 0 saturated carbocycles. The Kier molecular flexibility index (Phi) is 4.68. The van der Waals surface area contributed by atoms with Gasteiger partial charge in [-0.25, -0.2) is 0 Å². The molecule has 2 unspecified atom stereocenters. The summed E-state index contributed by atoms with van der Waals surface area (Å²) in [5.74, 6) is 0.995. The van der Waals surface area contributed by atoms with Gasteiger partial charge in [0, 0.05) is 22.0 Å². The average Bonchev–Trinajstić information content (AvgIpc) is 2.50. The van der Waals surface area contributed by atoms with Crippen molar-refractivity contribution in [3.05, 3.63) is 68.7 Å². The Bertz CT molecular complexity index is 641. The predicted octanol–water partition coefficient (Wildman–Crippen LogP) is 5.27. The summed E-state index contributed by atoms with van der Waals surface area (Å²) in [7, 11) is 0. The Balaban J connectivity index is 2.00. The summed E-state index contributed by atoms with van der Waals surface area (Å²) < 4.78 is 1.16. The largest absolute Gasteiger partial charge is 0.316 e. The van der Waals surface area contributed by atoms with Crippen LogP contribution in [0.4, 0.5) is 0 Å². The van der Waals surface area contributed by atoms with Crippen LogP contribution in [0.1, 0.15) is 34.9 Å². The maximum absolute atomic E-state index is 6.22. The minimum absolute atomic E-state index is 0.494. The molecule has 1 fully saturated rings. The van der Waals surface area contributed by atoms with Crippen LogP contribution in [0, 0.1) is 6.92 Å². The van der Waals surface area contributed by atoms with Gasteiger partial charge < -0.3 is 5.32 Å². The molecule has 1 N–H and O–H groups in total. The Morgan fingerprint density at radius 3 is 2.81 bits per heavy atom. The molecule has 21 heavy (non-hydrogen) atoms. The van der Waals surface area contributed by atoms with Crippen molar-refractivity contribution in [2.24, 2.45) is 0 Å². The van der Waals surface area contributed by atoms with Gasteiger partial charge in [-0.15, -0.1) is 0 Å². The van der Waals surface area contributed by atoms with Crippen molar-refractivity contribution in [3.63, 3.8) is 0 Å². The van der Waals surface area contributed by atoms with Gasteiger partial charge in [-0.05, 0) is 55.1 Å². The van der Waals surface area contributed by atoms with E-state index < -0.39 is 0 Å². The molecule has 1 saturated heterocycles. The molecule has 2 aromatic rings. The highest BCUT2D eigenvalue weighted by atomic mass is 79.9. The van der Waals surface area contributed by atoms with Crippen LogP contribution in [0.2, 0.25) is 5.02 Å². The molecule has 2 aromatic carbocycles. The first-order valence-corrected chi connectivity index (χ1v) is 8.54. The molecule has 0 radical (unpaired) electrons. The number of hydrogen-bond donors (Lipinski definition) is 1. The Morgan fingerprint density at radius 2 is 2.00 bits per heavy atom. The fourth-order valence-corrected chi connectivity index (χ4v) is 4.00. The third-order valence-electron chi connectivity index (χ3n) is 4.31. The molecule has 0 aromatic heterocycles. The molecule has 1 aliphatic rings. The van der Waals surface area contributed by atoms with Crippen LogP contribution in [0.5, 0.6) is 0 Å². The topological polar surface area (TPSA) is 12.0 Å². The molecule has 1 nitrogen and oxygen atoms in total. The number of piperidine rings is 1. The van der Waals surface area contributed by atoms with Crippen molar-refractivity contribution in [2.75, 3.05) is 13.1 Å². The minimum Gasteiger partial charge on any atom is -0.316 e. The lowest BCUT2D eigenvalue weighted by Crippen LogP contribution is -2.34. The van der Waals surface area contributed by atoms with Gasteiger partial charge in [-0.3, -0.25) is 0 Å². The van der Waals surface area contributed by atoms with E-state index in [1.165, 1.54) is 16.7 Å². The van der Waals surface area contributed by atoms with Gasteiger partial charge in [0.15, 0.2) is 0 Å². The van der Waals surface area contributed by atoms with Crippen molar-refractivity contribution in [1.82, 2.24) is 5.32 Å². The van der Waals surface area contributed by atoms with Crippen molar-refractivity contribution in [1.29, 1.82) is 0 Å². The molecule has 0 aliphatic carbocycles. The maximum Gasteiger partial charge on any atom is 0.0409 e. The normalized spacial score (nSPS) is 22.2. The van der Waals surface area contributed by atoms with E-state index in [0.717, 1.165) is 29.0 Å². The third kappa shape index (κ3) is 3.33. The quantitative estimate of drug-likeness (QED) is 0.765.